The average Bonchev–Trinajstić information content (AvgIpc) is 2.33. The Morgan fingerprint density at radius 3 is 2.00 bits per heavy atom. The van der Waals surface area contributed by atoms with Gasteiger partial charge in [0.15, 0.2) is 0 Å². The summed E-state index contributed by atoms with van der Waals surface area (Å²) in [5.74, 6) is 0.337. The summed E-state index contributed by atoms with van der Waals surface area (Å²) in [6.45, 7) is 13.4. The standard InChI is InChI=1S/C11H22N2O.C2H6/c1-3-5-11(14)13-9-7-12(6-4-2)8-10-13;1-2/h3-10H2,1-2H3;1-2H3. The molecule has 0 atom stereocenters. The Labute approximate surface area is 101 Å². The van der Waals surface area contributed by atoms with E-state index < -0.39 is 0 Å². The Bertz CT molecular complexity index is 175. The lowest BCUT2D eigenvalue weighted by atomic mass is 10.2. The Hall–Kier alpha value is -0.570. The highest BCUT2D eigenvalue weighted by Crippen LogP contribution is 2.05. The van der Waals surface area contributed by atoms with Crippen LogP contribution in [0.2, 0.25) is 0 Å². The van der Waals surface area contributed by atoms with Gasteiger partial charge in [-0.05, 0) is 19.4 Å². The molecule has 0 aromatic carbocycles. The molecule has 1 rings (SSSR count). The van der Waals surface area contributed by atoms with Crippen molar-refractivity contribution in [1.82, 2.24) is 9.80 Å². The molecule has 3 heteroatoms. The second-order valence-corrected chi connectivity index (χ2v) is 3.97. The van der Waals surface area contributed by atoms with Gasteiger partial charge in [-0.1, -0.05) is 27.7 Å². The van der Waals surface area contributed by atoms with Crippen LogP contribution in [-0.2, 0) is 4.79 Å². The maximum atomic E-state index is 11.6. The number of piperazine rings is 1. The van der Waals surface area contributed by atoms with E-state index in [0.717, 1.165) is 32.6 Å². The number of nitrogens with zero attached hydrogens (tertiary/aromatic N) is 2. The molecule has 0 N–H and O–H groups in total. The van der Waals surface area contributed by atoms with Crippen LogP contribution in [0.4, 0.5) is 0 Å². The zero-order chi connectivity index (χ0) is 12.4. The second kappa shape index (κ2) is 9.64. The smallest absolute Gasteiger partial charge is 0.222 e. The fraction of sp³-hybridized carbons (Fsp3) is 0.923. The number of hydrogen-bond donors (Lipinski definition) is 0. The van der Waals surface area contributed by atoms with Gasteiger partial charge in [-0.25, -0.2) is 0 Å². The molecule has 1 amide bonds. The number of carbonyl (C=O) groups is 1. The molecule has 0 aliphatic carbocycles. The summed E-state index contributed by atoms with van der Waals surface area (Å²) in [5.41, 5.74) is 0. The van der Waals surface area contributed by atoms with Crippen molar-refractivity contribution in [2.75, 3.05) is 32.7 Å². The third-order valence-corrected chi connectivity index (χ3v) is 2.73. The molecule has 0 radical (unpaired) electrons. The van der Waals surface area contributed by atoms with E-state index in [-0.39, 0.29) is 0 Å². The molecule has 1 fully saturated rings. The lowest BCUT2D eigenvalue weighted by molar-refractivity contribution is -0.132. The first-order valence-electron chi connectivity index (χ1n) is 6.78. The lowest BCUT2D eigenvalue weighted by Crippen LogP contribution is -2.48. The quantitative estimate of drug-likeness (QED) is 0.737. The first-order chi connectivity index (χ1) is 7.77. The molecule has 0 aromatic rings. The Morgan fingerprint density at radius 2 is 1.56 bits per heavy atom. The van der Waals surface area contributed by atoms with E-state index >= 15 is 0 Å². The Balaban J connectivity index is 0.00000106. The van der Waals surface area contributed by atoms with Crippen molar-refractivity contribution >= 4 is 5.91 Å². The van der Waals surface area contributed by atoms with Gasteiger partial charge in [0, 0.05) is 32.6 Å². The highest BCUT2D eigenvalue weighted by molar-refractivity contribution is 5.76. The van der Waals surface area contributed by atoms with Crippen LogP contribution in [0.5, 0.6) is 0 Å². The summed E-state index contributed by atoms with van der Waals surface area (Å²) in [4.78, 5) is 16.0. The van der Waals surface area contributed by atoms with Crippen molar-refractivity contribution in [3.63, 3.8) is 0 Å². The zero-order valence-corrected chi connectivity index (χ0v) is 11.5. The van der Waals surface area contributed by atoms with Crippen molar-refractivity contribution in [3.8, 4) is 0 Å². The van der Waals surface area contributed by atoms with E-state index in [1.54, 1.807) is 0 Å². The van der Waals surface area contributed by atoms with Crippen molar-refractivity contribution in [2.24, 2.45) is 0 Å². The van der Waals surface area contributed by atoms with E-state index in [9.17, 15) is 4.79 Å². The van der Waals surface area contributed by atoms with Crippen LogP contribution in [-0.4, -0.2) is 48.4 Å². The first kappa shape index (κ1) is 15.4. The summed E-state index contributed by atoms with van der Waals surface area (Å²) in [6, 6.07) is 0. The zero-order valence-electron chi connectivity index (χ0n) is 11.5. The van der Waals surface area contributed by atoms with Crippen LogP contribution < -0.4 is 0 Å². The monoisotopic (exact) mass is 228 g/mol. The molecular formula is C13H28N2O. The molecule has 1 aliphatic rings. The van der Waals surface area contributed by atoms with Gasteiger partial charge < -0.3 is 4.90 Å². The van der Waals surface area contributed by atoms with Crippen molar-refractivity contribution in [1.29, 1.82) is 0 Å². The Morgan fingerprint density at radius 1 is 1.00 bits per heavy atom. The molecule has 16 heavy (non-hydrogen) atoms. The lowest BCUT2D eigenvalue weighted by Gasteiger charge is -2.34. The third-order valence-electron chi connectivity index (χ3n) is 2.73. The van der Waals surface area contributed by atoms with Crippen molar-refractivity contribution in [3.05, 3.63) is 0 Å². The van der Waals surface area contributed by atoms with E-state index in [4.69, 9.17) is 0 Å². The van der Waals surface area contributed by atoms with Crippen LogP contribution in [0.25, 0.3) is 0 Å². The normalized spacial score (nSPS) is 16.6. The summed E-state index contributed by atoms with van der Waals surface area (Å²) in [5, 5.41) is 0. The predicted molar refractivity (Wildman–Crippen MR) is 69.6 cm³/mol. The molecule has 1 saturated heterocycles. The molecule has 0 aromatic heterocycles. The maximum absolute atomic E-state index is 11.6. The topological polar surface area (TPSA) is 23.6 Å². The number of hydrogen-bond acceptors (Lipinski definition) is 2. The molecule has 96 valence electrons. The maximum Gasteiger partial charge on any atom is 0.222 e. The summed E-state index contributed by atoms with van der Waals surface area (Å²) >= 11 is 0. The van der Waals surface area contributed by atoms with E-state index in [1.807, 2.05) is 18.7 Å². The minimum Gasteiger partial charge on any atom is -0.340 e. The number of rotatable bonds is 4. The minimum absolute atomic E-state index is 0.337. The van der Waals surface area contributed by atoms with Crippen LogP contribution in [0.15, 0.2) is 0 Å². The SMILES string of the molecule is CC.CCCC(=O)N1CCN(CCC)CC1. The van der Waals surface area contributed by atoms with E-state index in [1.165, 1.54) is 13.0 Å². The molecule has 0 spiro atoms. The predicted octanol–water partition coefficient (Wildman–Crippen LogP) is 2.37. The highest BCUT2D eigenvalue weighted by atomic mass is 16.2. The van der Waals surface area contributed by atoms with Crippen LogP contribution in [0.3, 0.4) is 0 Å². The largest absolute Gasteiger partial charge is 0.340 e. The molecule has 0 saturated carbocycles. The van der Waals surface area contributed by atoms with Gasteiger partial charge in [0.05, 0.1) is 0 Å². The number of carbonyl (C=O) groups excluding carboxylic acids is 1. The highest BCUT2D eigenvalue weighted by Gasteiger charge is 2.19. The van der Waals surface area contributed by atoms with Gasteiger partial charge in [0.25, 0.3) is 0 Å². The van der Waals surface area contributed by atoms with Gasteiger partial charge in [-0.3, -0.25) is 9.69 Å². The molecule has 1 aliphatic heterocycles. The summed E-state index contributed by atoms with van der Waals surface area (Å²) < 4.78 is 0. The van der Waals surface area contributed by atoms with Gasteiger partial charge in [0.1, 0.15) is 0 Å². The van der Waals surface area contributed by atoms with Gasteiger partial charge in [0.2, 0.25) is 5.91 Å². The minimum atomic E-state index is 0.337. The van der Waals surface area contributed by atoms with Crippen molar-refractivity contribution < 1.29 is 4.79 Å². The molecule has 0 unspecified atom stereocenters. The van der Waals surface area contributed by atoms with Gasteiger partial charge in [-0.2, -0.15) is 0 Å². The van der Waals surface area contributed by atoms with Crippen LogP contribution in [0.1, 0.15) is 47.0 Å². The van der Waals surface area contributed by atoms with Crippen molar-refractivity contribution in [2.45, 2.75) is 47.0 Å². The van der Waals surface area contributed by atoms with E-state index in [2.05, 4.69) is 18.7 Å². The molecular weight excluding hydrogens is 200 g/mol. The van der Waals surface area contributed by atoms with Gasteiger partial charge >= 0.3 is 0 Å². The Kier molecular flexibility index (Phi) is 9.30. The fourth-order valence-electron chi connectivity index (χ4n) is 1.91. The summed E-state index contributed by atoms with van der Waals surface area (Å²) in [7, 11) is 0. The first-order valence-corrected chi connectivity index (χ1v) is 6.78. The molecule has 3 nitrogen and oxygen atoms in total. The summed E-state index contributed by atoms with van der Waals surface area (Å²) in [6.07, 6.45) is 2.89. The molecule has 1 heterocycles. The average molecular weight is 228 g/mol. The molecule has 0 bridgehead atoms. The fourth-order valence-corrected chi connectivity index (χ4v) is 1.91. The second-order valence-electron chi connectivity index (χ2n) is 3.97. The van der Waals surface area contributed by atoms with E-state index in [0.29, 0.717) is 12.3 Å². The van der Waals surface area contributed by atoms with Gasteiger partial charge in [-0.15, -0.1) is 0 Å². The van der Waals surface area contributed by atoms with Crippen LogP contribution >= 0.6 is 0 Å². The van der Waals surface area contributed by atoms with Crippen LogP contribution in [0, 0.1) is 0 Å². The number of amides is 1. The third kappa shape index (κ3) is 5.50.